The summed E-state index contributed by atoms with van der Waals surface area (Å²) >= 11 is 0. The van der Waals surface area contributed by atoms with E-state index < -0.39 is 0 Å². The van der Waals surface area contributed by atoms with E-state index in [0.717, 1.165) is 23.4 Å². The Morgan fingerprint density at radius 2 is 1.82 bits per heavy atom. The highest BCUT2D eigenvalue weighted by molar-refractivity contribution is 6.01. The molecule has 1 atom stereocenters. The van der Waals surface area contributed by atoms with Crippen LogP contribution >= 0.6 is 0 Å². The molecule has 0 bridgehead atoms. The van der Waals surface area contributed by atoms with Gasteiger partial charge in [0, 0.05) is 11.7 Å². The molecule has 5 nitrogen and oxygen atoms in total. The highest BCUT2D eigenvalue weighted by Gasteiger charge is 2.34. The number of rotatable bonds is 7. The van der Waals surface area contributed by atoms with E-state index in [4.69, 9.17) is 9.47 Å². The number of nitrogens with zero attached hydrogens (tertiary/aromatic N) is 1. The van der Waals surface area contributed by atoms with Gasteiger partial charge in [0.2, 0.25) is 0 Å². The third kappa shape index (κ3) is 4.08. The van der Waals surface area contributed by atoms with Gasteiger partial charge in [-0.2, -0.15) is 0 Å². The normalized spacial score (nSPS) is 16.2. The minimum absolute atomic E-state index is 0.0329. The molecule has 0 spiro atoms. The van der Waals surface area contributed by atoms with Crippen LogP contribution < -0.4 is 14.8 Å². The topological polar surface area (TPSA) is 50.8 Å². The van der Waals surface area contributed by atoms with Crippen molar-refractivity contribution in [3.63, 3.8) is 0 Å². The molecule has 0 radical (unpaired) electrons. The number of hydrogen-bond donors (Lipinski definition) is 1. The molecular weight excluding hydrogens is 352 g/mol. The van der Waals surface area contributed by atoms with Gasteiger partial charge in [-0.25, -0.2) is 0 Å². The van der Waals surface area contributed by atoms with Crippen LogP contribution in [0, 0.1) is 5.92 Å². The smallest absolute Gasteiger partial charge is 0.258 e. The van der Waals surface area contributed by atoms with E-state index in [1.54, 1.807) is 7.11 Å². The monoisotopic (exact) mass is 382 g/mol. The second-order valence-electron chi connectivity index (χ2n) is 7.84. The van der Waals surface area contributed by atoms with E-state index in [1.165, 1.54) is 0 Å². The maximum atomic E-state index is 13.1. The fourth-order valence-electron chi connectivity index (χ4n) is 3.42. The van der Waals surface area contributed by atoms with Crippen LogP contribution in [-0.4, -0.2) is 30.6 Å². The first-order valence-electron chi connectivity index (χ1n) is 9.91. The molecule has 28 heavy (non-hydrogen) atoms. The molecule has 2 aromatic carbocycles. The van der Waals surface area contributed by atoms with E-state index in [-0.39, 0.29) is 18.1 Å². The second kappa shape index (κ2) is 8.55. The molecule has 1 aliphatic rings. The van der Waals surface area contributed by atoms with Crippen molar-refractivity contribution >= 4 is 11.6 Å². The molecule has 1 N–H and O–H groups in total. The van der Waals surface area contributed by atoms with Gasteiger partial charge in [0.15, 0.2) is 11.5 Å². The number of fused-ring (bicyclic) bond motifs is 1. The summed E-state index contributed by atoms with van der Waals surface area (Å²) in [6.07, 6.45) is 0.725. The van der Waals surface area contributed by atoms with Gasteiger partial charge in [0.05, 0.1) is 19.3 Å². The fraction of sp³-hybridized carbons (Fsp3) is 0.435. The molecule has 0 aromatic heterocycles. The van der Waals surface area contributed by atoms with Crippen molar-refractivity contribution in [2.24, 2.45) is 5.92 Å². The summed E-state index contributed by atoms with van der Waals surface area (Å²) in [6, 6.07) is 13.6. The predicted octanol–water partition coefficient (Wildman–Crippen LogP) is 5.10. The first-order chi connectivity index (χ1) is 13.4. The van der Waals surface area contributed by atoms with Crippen molar-refractivity contribution in [3.05, 3.63) is 53.6 Å². The van der Waals surface area contributed by atoms with Crippen LogP contribution in [0.15, 0.2) is 42.5 Å². The average Bonchev–Trinajstić information content (AvgIpc) is 2.67. The minimum Gasteiger partial charge on any atom is -0.493 e. The number of methoxy groups -OCH3 is 1. The van der Waals surface area contributed by atoms with E-state index in [9.17, 15) is 4.79 Å². The van der Waals surface area contributed by atoms with Crippen LogP contribution in [-0.2, 0) is 0 Å². The molecule has 1 amide bonds. The molecule has 2 aromatic rings. The molecular formula is C23H30N2O3. The summed E-state index contributed by atoms with van der Waals surface area (Å²) in [5, 5.41) is 3.51. The van der Waals surface area contributed by atoms with Gasteiger partial charge in [-0.15, -0.1) is 0 Å². The fourth-order valence-corrected chi connectivity index (χ4v) is 3.42. The Balaban J connectivity index is 1.91. The molecule has 1 aliphatic heterocycles. The summed E-state index contributed by atoms with van der Waals surface area (Å²) in [5.41, 5.74) is 2.52. The maximum Gasteiger partial charge on any atom is 0.258 e. The van der Waals surface area contributed by atoms with Gasteiger partial charge in [-0.1, -0.05) is 32.0 Å². The number of hydrogen-bond acceptors (Lipinski definition) is 4. The van der Waals surface area contributed by atoms with E-state index in [1.807, 2.05) is 61.2 Å². The van der Waals surface area contributed by atoms with Crippen LogP contribution in [0.1, 0.15) is 56.2 Å². The standard InChI is InChI=1S/C23H30N2O3/c1-15(2)12-13-28-20-11-10-17(14-21(20)27-5)22-24-19-9-7-6-8-18(19)23(26)25(22)16(3)4/h6-11,14-16,22,24H,12-13H2,1-5H3. The first kappa shape index (κ1) is 20.1. The van der Waals surface area contributed by atoms with Gasteiger partial charge < -0.3 is 19.7 Å². The van der Waals surface area contributed by atoms with Crippen LogP contribution in [0.4, 0.5) is 5.69 Å². The summed E-state index contributed by atoms with van der Waals surface area (Å²) in [4.78, 5) is 15.0. The Morgan fingerprint density at radius 3 is 2.50 bits per heavy atom. The van der Waals surface area contributed by atoms with Gasteiger partial charge in [-0.05, 0) is 56.0 Å². The number of anilines is 1. The second-order valence-corrected chi connectivity index (χ2v) is 7.84. The SMILES string of the molecule is COc1cc(C2Nc3ccccc3C(=O)N2C(C)C)ccc1OCCC(C)C. The van der Waals surface area contributed by atoms with Gasteiger partial charge in [0.25, 0.3) is 5.91 Å². The van der Waals surface area contributed by atoms with E-state index in [0.29, 0.717) is 23.8 Å². The lowest BCUT2D eigenvalue weighted by Gasteiger charge is -2.40. The van der Waals surface area contributed by atoms with Crippen molar-refractivity contribution in [3.8, 4) is 11.5 Å². The number of benzene rings is 2. The third-order valence-corrected chi connectivity index (χ3v) is 4.97. The van der Waals surface area contributed by atoms with Gasteiger partial charge in [-0.3, -0.25) is 4.79 Å². The van der Waals surface area contributed by atoms with Crippen molar-refractivity contribution in [2.45, 2.75) is 46.3 Å². The van der Waals surface area contributed by atoms with E-state index >= 15 is 0 Å². The van der Waals surface area contributed by atoms with Crippen molar-refractivity contribution < 1.29 is 14.3 Å². The predicted molar refractivity (Wildman–Crippen MR) is 112 cm³/mol. The molecule has 1 heterocycles. The van der Waals surface area contributed by atoms with Crippen molar-refractivity contribution in [1.82, 2.24) is 4.90 Å². The highest BCUT2D eigenvalue weighted by Crippen LogP contribution is 2.37. The zero-order valence-corrected chi connectivity index (χ0v) is 17.4. The van der Waals surface area contributed by atoms with Gasteiger partial charge in [0.1, 0.15) is 6.17 Å². The zero-order valence-electron chi connectivity index (χ0n) is 17.4. The molecule has 0 saturated heterocycles. The quantitative estimate of drug-likeness (QED) is 0.724. The molecule has 150 valence electrons. The zero-order chi connectivity index (χ0) is 20.3. The summed E-state index contributed by atoms with van der Waals surface area (Å²) in [5.74, 6) is 2.02. The number of carbonyl (C=O) groups excluding carboxylic acids is 1. The number of nitrogens with one attached hydrogen (secondary N) is 1. The Labute approximate surface area is 167 Å². The molecule has 0 fully saturated rings. The van der Waals surface area contributed by atoms with Crippen LogP contribution in [0.3, 0.4) is 0 Å². The number of amides is 1. The minimum atomic E-state index is -0.263. The lowest BCUT2D eigenvalue weighted by atomic mass is 10.0. The number of carbonyl (C=O) groups is 1. The van der Waals surface area contributed by atoms with Crippen molar-refractivity contribution in [1.29, 1.82) is 0 Å². The van der Waals surface area contributed by atoms with Crippen LogP contribution in [0.25, 0.3) is 0 Å². The Hall–Kier alpha value is -2.69. The third-order valence-electron chi connectivity index (χ3n) is 4.97. The van der Waals surface area contributed by atoms with Crippen LogP contribution in [0.2, 0.25) is 0 Å². The highest BCUT2D eigenvalue weighted by atomic mass is 16.5. The summed E-state index contributed by atoms with van der Waals surface area (Å²) < 4.78 is 11.5. The molecule has 0 aliphatic carbocycles. The lowest BCUT2D eigenvalue weighted by Crippen LogP contribution is -2.46. The van der Waals surface area contributed by atoms with Crippen molar-refractivity contribution in [2.75, 3.05) is 19.0 Å². The maximum absolute atomic E-state index is 13.1. The number of para-hydroxylation sites is 1. The molecule has 5 heteroatoms. The van der Waals surface area contributed by atoms with E-state index in [2.05, 4.69) is 19.2 Å². The average molecular weight is 383 g/mol. The number of ether oxygens (including phenoxy) is 2. The summed E-state index contributed by atoms with van der Waals surface area (Å²) in [7, 11) is 1.64. The van der Waals surface area contributed by atoms with Crippen LogP contribution in [0.5, 0.6) is 11.5 Å². The molecule has 1 unspecified atom stereocenters. The Morgan fingerprint density at radius 1 is 1.07 bits per heavy atom. The molecule has 3 rings (SSSR count). The largest absolute Gasteiger partial charge is 0.493 e. The lowest BCUT2D eigenvalue weighted by molar-refractivity contribution is 0.0616. The molecule has 0 saturated carbocycles. The summed E-state index contributed by atoms with van der Waals surface area (Å²) in [6.45, 7) is 9.06. The van der Waals surface area contributed by atoms with Gasteiger partial charge >= 0.3 is 0 Å². The Bertz CT molecular complexity index is 832. The first-order valence-corrected chi connectivity index (χ1v) is 9.91. The Kier molecular flexibility index (Phi) is 6.12.